The Bertz CT molecular complexity index is 1100. The lowest BCUT2D eigenvalue weighted by molar-refractivity contribution is -0.138. The number of aromatic nitrogens is 3. The van der Waals surface area contributed by atoms with Crippen LogP contribution < -0.4 is 5.32 Å². The van der Waals surface area contributed by atoms with Crippen LogP contribution in [-0.4, -0.2) is 57.3 Å². The van der Waals surface area contributed by atoms with E-state index in [0.29, 0.717) is 32.0 Å². The third kappa shape index (κ3) is 6.28. The second kappa shape index (κ2) is 9.87. The number of sulfonamides is 1. The average molecular weight is 489 g/mol. The van der Waals surface area contributed by atoms with E-state index in [0.717, 1.165) is 16.4 Å². The third-order valence-corrected chi connectivity index (χ3v) is 6.87. The van der Waals surface area contributed by atoms with Crippen LogP contribution in [-0.2, 0) is 32.3 Å². The number of aryl methyl sites for hydroxylation is 1. The SMILES string of the molecule is O=C(O)CCCn1cnc(S(=O)(=O)N2CCC[C@@H](C(=O)Nc3ccc(C(F)(F)F)cn3)C2)c1. The number of halogens is 3. The van der Waals surface area contributed by atoms with Crippen molar-refractivity contribution in [2.24, 2.45) is 5.92 Å². The lowest BCUT2D eigenvalue weighted by Crippen LogP contribution is -2.43. The molecular formula is C19H22F3N5O5S. The van der Waals surface area contributed by atoms with Crippen molar-refractivity contribution in [2.45, 2.75) is 43.4 Å². The Morgan fingerprint density at radius 3 is 2.64 bits per heavy atom. The van der Waals surface area contributed by atoms with Crippen LogP contribution in [0.25, 0.3) is 0 Å². The molecule has 0 radical (unpaired) electrons. The van der Waals surface area contributed by atoms with E-state index in [9.17, 15) is 31.2 Å². The maximum atomic E-state index is 12.9. The van der Waals surface area contributed by atoms with Crippen LogP contribution in [0, 0.1) is 5.92 Å². The molecular weight excluding hydrogens is 467 g/mol. The minimum absolute atomic E-state index is 0.0586. The second-order valence-corrected chi connectivity index (χ2v) is 9.45. The molecule has 2 aromatic heterocycles. The molecule has 3 heterocycles. The van der Waals surface area contributed by atoms with Crippen molar-refractivity contribution < 1.29 is 36.3 Å². The highest BCUT2D eigenvalue weighted by Crippen LogP contribution is 2.29. The molecule has 0 spiro atoms. The van der Waals surface area contributed by atoms with Crippen LogP contribution in [0.1, 0.15) is 31.2 Å². The minimum atomic E-state index is -4.54. The zero-order valence-corrected chi connectivity index (χ0v) is 18.1. The van der Waals surface area contributed by atoms with E-state index in [-0.39, 0.29) is 30.4 Å². The number of nitrogens with one attached hydrogen (secondary N) is 1. The molecule has 2 aromatic rings. The summed E-state index contributed by atoms with van der Waals surface area (Å²) in [6.07, 6.45) is -0.242. The Labute approximate surface area is 187 Å². The number of aliphatic carboxylic acids is 1. The number of amides is 1. The quantitative estimate of drug-likeness (QED) is 0.580. The van der Waals surface area contributed by atoms with E-state index in [1.807, 2.05) is 0 Å². The van der Waals surface area contributed by atoms with Crippen LogP contribution in [0.15, 0.2) is 35.9 Å². The number of piperidine rings is 1. The van der Waals surface area contributed by atoms with E-state index in [1.165, 1.54) is 17.1 Å². The summed E-state index contributed by atoms with van der Waals surface area (Å²) in [5, 5.41) is 10.9. The Balaban J connectivity index is 1.62. The van der Waals surface area contributed by atoms with Gasteiger partial charge in [-0.2, -0.15) is 17.5 Å². The molecule has 10 nitrogen and oxygen atoms in total. The number of rotatable bonds is 8. The fraction of sp³-hybridized carbons (Fsp3) is 0.474. The molecule has 1 saturated heterocycles. The first-order valence-electron chi connectivity index (χ1n) is 10.0. The molecule has 1 amide bonds. The monoisotopic (exact) mass is 489 g/mol. The zero-order valence-electron chi connectivity index (χ0n) is 17.3. The first-order valence-corrected chi connectivity index (χ1v) is 11.5. The molecule has 0 saturated carbocycles. The normalized spacial score (nSPS) is 17.6. The molecule has 1 fully saturated rings. The van der Waals surface area contributed by atoms with E-state index >= 15 is 0 Å². The molecule has 0 bridgehead atoms. The predicted octanol–water partition coefficient (Wildman–Crippen LogP) is 2.20. The number of anilines is 1. The summed E-state index contributed by atoms with van der Waals surface area (Å²) in [6, 6.07) is 1.84. The summed E-state index contributed by atoms with van der Waals surface area (Å²) >= 11 is 0. The van der Waals surface area contributed by atoms with Crippen LogP contribution in [0.5, 0.6) is 0 Å². The fourth-order valence-electron chi connectivity index (χ4n) is 3.38. The second-order valence-electron chi connectivity index (χ2n) is 7.57. The van der Waals surface area contributed by atoms with Crippen molar-refractivity contribution in [2.75, 3.05) is 18.4 Å². The van der Waals surface area contributed by atoms with Gasteiger partial charge in [0, 0.05) is 38.4 Å². The molecule has 0 aliphatic carbocycles. The first-order chi connectivity index (χ1) is 15.5. The summed E-state index contributed by atoms with van der Waals surface area (Å²) < 4.78 is 66.4. The molecule has 1 aliphatic heterocycles. The number of carboxylic acids is 1. The van der Waals surface area contributed by atoms with Crippen LogP contribution >= 0.6 is 0 Å². The molecule has 2 N–H and O–H groups in total. The number of alkyl halides is 3. The zero-order chi connectivity index (χ0) is 24.2. The van der Waals surface area contributed by atoms with Gasteiger partial charge in [-0.05, 0) is 31.4 Å². The Morgan fingerprint density at radius 2 is 2.00 bits per heavy atom. The Morgan fingerprint density at radius 1 is 1.24 bits per heavy atom. The minimum Gasteiger partial charge on any atom is -0.481 e. The van der Waals surface area contributed by atoms with Crippen molar-refractivity contribution >= 4 is 27.7 Å². The number of nitrogens with zero attached hydrogens (tertiary/aromatic N) is 4. The lowest BCUT2D eigenvalue weighted by atomic mass is 9.99. The standard InChI is InChI=1S/C19H22F3N5O5S/c20-19(21,22)14-5-6-15(23-9-14)25-18(30)13-3-1-8-27(10-13)33(31,32)16-11-26(12-24-16)7-2-4-17(28)29/h5-6,9,11-13H,1-4,7-8,10H2,(H,28,29)(H,23,25,30)/t13-/m1/s1. The Hall–Kier alpha value is -3.00. The smallest absolute Gasteiger partial charge is 0.417 e. The van der Waals surface area contributed by atoms with E-state index < -0.39 is 39.6 Å². The number of hydrogen-bond acceptors (Lipinski definition) is 6. The maximum absolute atomic E-state index is 12.9. The van der Waals surface area contributed by atoms with Gasteiger partial charge in [0.05, 0.1) is 17.8 Å². The highest BCUT2D eigenvalue weighted by molar-refractivity contribution is 7.89. The topological polar surface area (TPSA) is 134 Å². The third-order valence-electron chi connectivity index (χ3n) is 5.12. The molecule has 1 aliphatic rings. The largest absolute Gasteiger partial charge is 0.481 e. The van der Waals surface area contributed by atoms with Crippen molar-refractivity contribution in [3.05, 3.63) is 36.4 Å². The summed E-state index contributed by atoms with van der Waals surface area (Å²) in [5.41, 5.74) is -0.946. The number of carboxylic acid groups (broad SMARTS) is 1. The van der Waals surface area contributed by atoms with Gasteiger partial charge in [0.15, 0.2) is 5.03 Å². The van der Waals surface area contributed by atoms with Crippen LogP contribution in [0.4, 0.5) is 19.0 Å². The molecule has 180 valence electrons. The number of hydrogen-bond donors (Lipinski definition) is 2. The number of pyridine rings is 1. The molecule has 33 heavy (non-hydrogen) atoms. The summed E-state index contributed by atoms with van der Waals surface area (Å²) in [6.45, 7) is 0.372. The number of carbonyl (C=O) groups excluding carboxylic acids is 1. The molecule has 0 unspecified atom stereocenters. The van der Waals surface area contributed by atoms with Crippen molar-refractivity contribution in [3.63, 3.8) is 0 Å². The molecule has 0 aromatic carbocycles. The average Bonchev–Trinajstić information content (AvgIpc) is 3.23. The van der Waals surface area contributed by atoms with Gasteiger partial charge < -0.3 is 15.0 Å². The highest BCUT2D eigenvalue weighted by atomic mass is 32.2. The van der Waals surface area contributed by atoms with E-state index in [4.69, 9.17) is 5.11 Å². The van der Waals surface area contributed by atoms with Gasteiger partial charge in [-0.25, -0.2) is 18.4 Å². The van der Waals surface area contributed by atoms with Gasteiger partial charge >= 0.3 is 12.1 Å². The van der Waals surface area contributed by atoms with Gasteiger partial charge in [-0.1, -0.05) is 0 Å². The molecule has 14 heteroatoms. The van der Waals surface area contributed by atoms with Gasteiger partial charge in [0.25, 0.3) is 10.0 Å². The summed E-state index contributed by atoms with van der Waals surface area (Å²) in [5.74, 6) is -2.27. The highest BCUT2D eigenvalue weighted by Gasteiger charge is 2.35. The number of imidazole rings is 1. The van der Waals surface area contributed by atoms with E-state index in [2.05, 4.69) is 15.3 Å². The van der Waals surface area contributed by atoms with Gasteiger partial charge in [0.2, 0.25) is 5.91 Å². The maximum Gasteiger partial charge on any atom is 0.417 e. The van der Waals surface area contributed by atoms with Gasteiger partial charge in [-0.3, -0.25) is 9.59 Å². The van der Waals surface area contributed by atoms with Gasteiger partial charge in [0.1, 0.15) is 5.82 Å². The predicted molar refractivity (Wildman–Crippen MR) is 108 cm³/mol. The van der Waals surface area contributed by atoms with Crippen LogP contribution in [0.2, 0.25) is 0 Å². The van der Waals surface area contributed by atoms with Crippen molar-refractivity contribution in [1.82, 2.24) is 18.8 Å². The first kappa shape index (κ1) is 24.6. The van der Waals surface area contributed by atoms with E-state index in [1.54, 1.807) is 0 Å². The summed E-state index contributed by atoms with van der Waals surface area (Å²) in [7, 11) is -3.98. The van der Waals surface area contributed by atoms with Crippen molar-refractivity contribution in [3.8, 4) is 0 Å². The number of carbonyl (C=O) groups is 2. The Kier molecular flexibility index (Phi) is 7.37. The summed E-state index contributed by atoms with van der Waals surface area (Å²) in [4.78, 5) is 30.7. The molecule has 3 rings (SSSR count). The lowest BCUT2D eigenvalue weighted by Gasteiger charge is -2.30. The van der Waals surface area contributed by atoms with Crippen LogP contribution in [0.3, 0.4) is 0 Å². The molecule has 1 atom stereocenters. The van der Waals surface area contributed by atoms with Gasteiger partial charge in [-0.15, -0.1) is 0 Å². The van der Waals surface area contributed by atoms with Crippen molar-refractivity contribution in [1.29, 1.82) is 0 Å². The fourth-order valence-corrected chi connectivity index (χ4v) is 4.84.